The first-order valence-electron chi connectivity index (χ1n) is 6.57. The summed E-state index contributed by atoms with van der Waals surface area (Å²) < 4.78 is 0. The van der Waals surface area contributed by atoms with Crippen molar-refractivity contribution in [3.8, 4) is 0 Å². The fraction of sp³-hybridized carbons (Fsp3) is 0.286. The van der Waals surface area contributed by atoms with Gasteiger partial charge >= 0.3 is 0 Å². The van der Waals surface area contributed by atoms with Gasteiger partial charge < -0.3 is 16.4 Å². The maximum atomic E-state index is 12.1. The summed E-state index contributed by atoms with van der Waals surface area (Å²) in [6, 6.07) is 10.3. The Morgan fingerprint density at radius 3 is 2.80 bits per heavy atom. The molecule has 1 heterocycles. The largest absolute Gasteiger partial charge is 0.382 e. The van der Waals surface area contributed by atoms with Crippen LogP contribution in [-0.4, -0.2) is 16.9 Å². The second-order valence-corrected chi connectivity index (χ2v) is 5.82. The first-order valence-corrected chi connectivity index (χ1v) is 7.39. The Morgan fingerprint density at radius 1 is 1.35 bits per heavy atom. The normalized spacial score (nSPS) is 14.0. The Balaban J connectivity index is 1.62. The second kappa shape index (κ2) is 5.50. The molecule has 104 valence electrons. The highest BCUT2D eigenvalue weighted by atomic mass is 32.1. The standard InChI is InChI=1S/C14H16N4OS/c15-12-11(20-14(18-12)17-10-6-7-10)13(19)16-8-9-4-2-1-3-5-9/h1-5,10H,6-8,15H2,(H,16,19)(H,17,18). The average molecular weight is 288 g/mol. The zero-order valence-corrected chi connectivity index (χ0v) is 11.7. The Labute approximate surface area is 121 Å². The van der Waals surface area contributed by atoms with Crippen LogP contribution < -0.4 is 16.4 Å². The third-order valence-electron chi connectivity index (χ3n) is 3.06. The predicted molar refractivity (Wildman–Crippen MR) is 80.8 cm³/mol. The minimum Gasteiger partial charge on any atom is -0.382 e. The lowest BCUT2D eigenvalue weighted by molar-refractivity contribution is 0.0955. The highest BCUT2D eigenvalue weighted by Gasteiger charge is 2.24. The van der Waals surface area contributed by atoms with Gasteiger partial charge in [0.1, 0.15) is 10.7 Å². The second-order valence-electron chi connectivity index (χ2n) is 4.82. The molecule has 0 aliphatic heterocycles. The van der Waals surface area contributed by atoms with Gasteiger partial charge in [0, 0.05) is 12.6 Å². The number of nitrogens with one attached hydrogen (secondary N) is 2. The van der Waals surface area contributed by atoms with Gasteiger partial charge in [0.2, 0.25) is 0 Å². The zero-order valence-electron chi connectivity index (χ0n) is 10.9. The van der Waals surface area contributed by atoms with Gasteiger partial charge in [-0.2, -0.15) is 0 Å². The smallest absolute Gasteiger partial charge is 0.265 e. The van der Waals surface area contributed by atoms with E-state index in [2.05, 4.69) is 15.6 Å². The lowest BCUT2D eigenvalue weighted by Gasteiger charge is -2.03. The minimum atomic E-state index is -0.173. The van der Waals surface area contributed by atoms with Gasteiger partial charge in [-0.25, -0.2) is 4.98 Å². The van der Waals surface area contributed by atoms with E-state index in [0.717, 1.165) is 23.5 Å². The lowest BCUT2D eigenvalue weighted by atomic mass is 10.2. The molecule has 4 N–H and O–H groups in total. The predicted octanol–water partition coefficient (Wildman–Crippen LogP) is 2.23. The molecular formula is C14H16N4OS. The molecule has 3 rings (SSSR count). The number of carbonyl (C=O) groups is 1. The number of nitrogens with zero attached hydrogens (tertiary/aromatic N) is 1. The highest BCUT2D eigenvalue weighted by molar-refractivity contribution is 7.18. The van der Waals surface area contributed by atoms with Gasteiger partial charge in [-0.15, -0.1) is 0 Å². The molecule has 1 aromatic heterocycles. The van der Waals surface area contributed by atoms with E-state index in [1.807, 2.05) is 30.3 Å². The quantitative estimate of drug-likeness (QED) is 0.788. The molecule has 0 bridgehead atoms. The van der Waals surface area contributed by atoms with E-state index in [9.17, 15) is 4.79 Å². The molecular weight excluding hydrogens is 272 g/mol. The van der Waals surface area contributed by atoms with Crippen LogP contribution in [0.4, 0.5) is 10.9 Å². The van der Waals surface area contributed by atoms with Crippen LogP contribution in [0.2, 0.25) is 0 Å². The summed E-state index contributed by atoms with van der Waals surface area (Å²) in [5.41, 5.74) is 6.86. The SMILES string of the molecule is Nc1nc(NC2CC2)sc1C(=O)NCc1ccccc1. The summed E-state index contributed by atoms with van der Waals surface area (Å²) in [6.45, 7) is 0.488. The summed E-state index contributed by atoms with van der Waals surface area (Å²) in [7, 11) is 0. The van der Waals surface area contributed by atoms with Gasteiger partial charge in [0.15, 0.2) is 5.13 Å². The third-order valence-corrected chi connectivity index (χ3v) is 4.06. The number of anilines is 2. The molecule has 1 aromatic carbocycles. The summed E-state index contributed by atoms with van der Waals surface area (Å²) >= 11 is 1.31. The van der Waals surface area contributed by atoms with E-state index in [1.165, 1.54) is 11.3 Å². The number of nitrogens with two attached hydrogens (primary N) is 1. The number of hydrogen-bond acceptors (Lipinski definition) is 5. The molecule has 0 atom stereocenters. The number of rotatable bonds is 5. The Kier molecular flexibility index (Phi) is 3.56. The molecule has 1 saturated carbocycles. The van der Waals surface area contributed by atoms with Gasteiger partial charge in [-0.3, -0.25) is 4.79 Å². The van der Waals surface area contributed by atoms with Crippen molar-refractivity contribution in [1.82, 2.24) is 10.3 Å². The molecule has 5 nitrogen and oxygen atoms in total. The number of thiazole rings is 1. The third kappa shape index (κ3) is 3.08. The topological polar surface area (TPSA) is 80.0 Å². The number of nitrogen functional groups attached to an aromatic ring is 1. The van der Waals surface area contributed by atoms with Crippen LogP contribution in [-0.2, 0) is 6.54 Å². The minimum absolute atomic E-state index is 0.173. The lowest BCUT2D eigenvalue weighted by Crippen LogP contribution is -2.22. The first kappa shape index (κ1) is 12.9. The average Bonchev–Trinajstić information content (AvgIpc) is 3.19. The Bertz CT molecular complexity index is 607. The number of carbonyl (C=O) groups excluding carboxylic acids is 1. The molecule has 2 aromatic rings. The van der Waals surface area contributed by atoms with Crippen LogP contribution in [0, 0.1) is 0 Å². The van der Waals surface area contributed by atoms with E-state index >= 15 is 0 Å². The van der Waals surface area contributed by atoms with E-state index in [1.54, 1.807) is 0 Å². The Morgan fingerprint density at radius 2 is 2.10 bits per heavy atom. The van der Waals surface area contributed by atoms with E-state index in [4.69, 9.17) is 5.73 Å². The van der Waals surface area contributed by atoms with Crippen molar-refractivity contribution < 1.29 is 4.79 Å². The van der Waals surface area contributed by atoms with Crippen LogP contribution in [0.1, 0.15) is 28.1 Å². The molecule has 1 amide bonds. The molecule has 20 heavy (non-hydrogen) atoms. The fourth-order valence-corrected chi connectivity index (χ4v) is 2.70. The number of hydrogen-bond donors (Lipinski definition) is 3. The molecule has 1 fully saturated rings. The molecule has 1 aliphatic carbocycles. The summed E-state index contributed by atoms with van der Waals surface area (Å²) in [6.07, 6.45) is 2.32. The van der Waals surface area contributed by atoms with Crippen LogP contribution in [0.25, 0.3) is 0 Å². The molecule has 0 spiro atoms. The van der Waals surface area contributed by atoms with Crippen molar-refractivity contribution in [2.24, 2.45) is 0 Å². The van der Waals surface area contributed by atoms with Gasteiger partial charge in [-0.05, 0) is 18.4 Å². The van der Waals surface area contributed by atoms with Crippen LogP contribution in [0.3, 0.4) is 0 Å². The van der Waals surface area contributed by atoms with Crippen LogP contribution in [0.15, 0.2) is 30.3 Å². The number of amides is 1. The molecule has 0 unspecified atom stereocenters. The highest BCUT2D eigenvalue weighted by Crippen LogP contribution is 2.30. The van der Waals surface area contributed by atoms with E-state index < -0.39 is 0 Å². The fourth-order valence-electron chi connectivity index (χ4n) is 1.82. The van der Waals surface area contributed by atoms with Crippen molar-refractivity contribution in [1.29, 1.82) is 0 Å². The van der Waals surface area contributed by atoms with E-state index in [0.29, 0.717) is 23.3 Å². The van der Waals surface area contributed by atoms with Gasteiger partial charge in [0.25, 0.3) is 5.91 Å². The Hall–Kier alpha value is -2.08. The summed E-state index contributed by atoms with van der Waals surface area (Å²) in [5, 5.41) is 6.85. The van der Waals surface area contributed by atoms with Crippen molar-refractivity contribution in [3.63, 3.8) is 0 Å². The molecule has 1 aliphatic rings. The zero-order chi connectivity index (χ0) is 13.9. The van der Waals surface area contributed by atoms with Crippen molar-refractivity contribution in [2.75, 3.05) is 11.1 Å². The van der Waals surface area contributed by atoms with Crippen molar-refractivity contribution >= 4 is 28.2 Å². The molecule has 0 radical (unpaired) electrons. The maximum absolute atomic E-state index is 12.1. The van der Waals surface area contributed by atoms with Crippen LogP contribution >= 0.6 is 11.3 Å². The molecule has 6 heteroatoms. The number of benzene rings is 1. The first-order chi connectivity index (χ1) is 9.72. The number of aromatic nitrogens is 1. The van der Waals surface area contributed by atoms with Crippen molar-refractivity contribution in [2.45, 2.75) is 25.4 Å². The maximum Gasteiger partial charge on any atom is 0.265 e. The summed E-state index contributed by atoms with van der Waals surface area (Å²) in [4.78, 5) is 16.8. The van der Waals surface area contributed by atoms with Crippen molar-refractivity contribution in [3.05, 3.63) is 40.8 Å². The van der Waals surface area contributed by atoms with Gasteiger partial charge in [0.05, 0.1) is 0 Å². The monoisotopic (exact) mass is 288 g/mol. The molecule has 0 saturated heterocycles. The van der Waals surface area contributed by atoms with Crippen LogP contribution in [0.5, 0.6) is 0 Å². The van der Waals surface area contributed by atoms with E-state index in [-0.39, 0.29) is 5.91 Å². The van der Waals surface area contributed by atoms with Gasteiger partial charge in [-0.1, -0.05) is 41.7 Å². The summed E-state index contributed by atoms with van der Waals surface area (Å²) in [5.74, 6) is 0.122.